The average Bonchev–Trinajstić information content (AvgIpc) is 3.23. The summed E-state index contributed by atoms with van der Waals surface area (Å²) in [5.74, 6) is 0.337. The zero-order chi connectivity index (χ0) is 22.9. The normalized spacial score (nSPS) is 13.3. The molecule has 1 aliphatic heterocycles. The van der Waals surface area contributed by atoms with Crippen LogP contribution in [-0.4, -0.2) is 29.9 Å². The Morgan fingerprint density at radius 2 is 2.00 bits per heavy atom. The molecular weight excluding hydrogens is 422 g/mol. The molecule has 2 aromatic carbocycles. The molecule has 0 saturated carbocycles. The number of hydrogen-bond acceptors (Lipinski definition) is 5. The molecule has 0 saturated heterocycles. The third-order valence-corrected chi connectivity index (χ3v) is 6.00. The first-order valence-corrected chi connectivity index (χ1v) is 11.2. The van der Waals surface area contributed by atoms with Gasteiger partial charge in [0.05, 0.1) is 11.4 Å². The smallest absolute Gasteiger partial charge is 0.265 e. The van der Waals surface area contributed by atoms with Gasteiger partial charge in [-0.2, -0.15) is 0 Å². The number of hydrogen-bond donors (Lipinski definition) is 1. The summed E-state index contributed by atoms with van der Waals surface area (Å²) in [7, 11) is 0. The van der Waals surface area contributed by atoms with E-state index in [-0.39, 0.29) is 23.8 Å². The molecule has 0 aliphatic carbocycles. The van der Waals surface area contributed by atoms with Crippen LogP contribution in [0.2, 0.25) is 0 Å². The van der Waals surface area contributed by atoms with Gasteiger partial charge in [-0.1, -0.05) is 39.0 Å². The van der Waals surface area contributed by atoms with Gasteiger partial charge >= 0.3 is 0 Å². The third-order valence-electron chi connectivity index (χ3n) is 5.25. The minimum absolute atomic E-state index is 0.0177. The molecule has 2 heterocycles. The van der Waals surface area contributed by atoms with E-state index in [4.69, 9.17) is 4.74 Å². The summed E-state index contributed by atoms with van der Waals surface area (Å²) >= 11 is 1.35. The van der Waals surface area contributed by atoms with Gasteiger partial charge in [0, 0.05) is 23.1 Å². The number of amides is 2. The van der Waals surface area contributed by atoms with Gasteiger partial charge in [0.2, 0.25) is 0 Å². The summed E-state index contributed by atoms with van der Waals surface area (Å²) in [6.45, 7) is 10.6. The van der Waals surface area contributed by atoms with Crippen molar-refractivity contribution in [3.05, 3.63) is 71.6 Å². The van der Waals surface area contributed by atoms with Crippen LogP contribution in [0, 0.1) is 0 Å². The van der Waals surface area contributed by atoms with Gasteiger partial charge in [-0.3, -0.25) is 14.9 Å². The fourth-order valence-corrected chi connectivity index (χ4v) is 4.16. The van der Waals surface area contributed by atoms with Crippen molar-refractivity contribution in [2.45, 2.75) is 26.2 Å². The number of rotatable bonds is 5. The van der Waals surface area contributed by atoms with Crippen LogP contribution in [0.1, 0.15) is 36.7 Å². The van der Waals surface area contributed by atoms with Crippen LogP contribution >= 0.6 is 11.3 Å². The number of nitrogens with zero attached hydrogens (tertiary/aromatic N) is 2. The van der Waals surface area contributed by atoms with E-state index < -0.39 is 0 Å². The Hall–Kier alpha value is -3.45. The molecule has 0 fully saturated rings. The number of fused-ring (bicyclic) bond motifs is 1. The van der Waals surface area contributed by atoms with E-state index in [0.29, 0.717) is 34.4 Å². The van der Waals surface area contributed by atoms with E-state index in [2.05, 4.69) is 37.7 Å². The first-order chi connectivity index (χ1) is 15.3. The SMILES string of the molecule is C=CCN1C(=O)COc2ccc(-c3csc(NC(=O)c4ccc(C(C)(C)C)cc4)n3)cc21. The highest BCUT2D eigenvalue weighted by Gasteiger charge is 2.25. The molecule has 0 bridgehead atoms. The molecular formula is C25H25N3O3S. The molecule has 164 valence electrons. The summed E-state index contributed by atoms with van der Waals surface area (Å²) in [4.78, 5) is 31.1. The fraction of sp³-hybridized carbons (Fsp3) is 0.240. The monoisotopic (exact) mass is 447 g/mol. The molecule has 1 aromatic heterocycles. The van der Waals surface area contributed by atoms with E-state index in [1.165, 1.54) is 16.9 Å². The van der Waals surface area contributed by atoms with Gasteiger partial charge < -0.3 is 9.64 Å². The lowest BCUT2D eigenvalue weighted by atomic mass is 9.87. The number of anilines is 2. The van der Waals surface area contributed by atoms with E-state index in [9.17, 15) is 9.59 Å². The van der Waals surface area contributed by atoms with Crippen molar-refractivity contribution >= 4 is 34.0 Å². The number of nitrogens with one attached hydrogen (secondary N) is 1. The van der Waals surface area contributed by atoms with E-state index in [1.54, 1.807) is 11.0 Å². The summed E-state index contributed by atoms with van der Waals surface area (Å²) in [5, 5.41) is 5.26. The van der Waals surface area contributed by atoms with Crippen LogP contribution < -0.4 is 15.0 Å². The fourth-order valence-electron chi connectivity index (χ4n) is 3.45. The van der Waals surface area contributed by atoms with Crippen LogP contribution in [0.3, 0.4) is 0 Å². The molecule has 1 aliphatic rings. The van der Waals surface area contributed by atoms with Crippen LogP contribution in [0.5, 0.6) is 5.75 Å². The Labute approximate surface area is 191 Å². The van der Waals surface area contributed by atoms with E-state index in [0.717, 1.165) is 5.56 Å². The molecule has 6 nitrogen and oxygen atoms in total. The number of carbonyl (C=O) groups is 2. The molecule has 0 unspecified atom stereocenters. The predicted octanol–water partition coefficient (Wildman–Crippen LogP) is 5.27. The second-order valence-electron chi connectivity index (χ2n) is 8.58. The van der Waals surface area contributed by atoms with Crippen molar-refractivity contribution in [2.75, 3.05) is 23.4 Å². The lowest BCUT2D eigenvalue weighted by molar-refractivity contribution is -0.121. The summed E-state index contributed by atoms with van der Waals surface area (Å²) in [5.41, 5.74) is 4.03. The second kappa shape index (κ2) is 8.59. The summed E-state index contributed by atoms with van der Waals surface area (Å²) < 4.78 is 5.54. The first-order valence-electron chi connectivity index (χ1n) is 10.3. The number of ether oxygens (including phenoxy) is 1. The topological polar surface area (TPSA) is 71.5 Å². The van der Waals surface area contributed by atoms with Crippen LogP contribution in [0.4, 0.5) is 10.8 Å². The van der Waals surface area contributed by atoms with Crippen LogP contribution in [-0.2, 0) is 10.2 Å². The van der Waals surface area contributed by atoms with E-state index in [1.807, 2.05) is 47.8 Å². The predicted molar refractivity (Wildman–Crippen MR) is 129 cm³/mol. The van der Waals surface area contributed by atoms with Crippen molar-refractivity contribution in [3.8, 4) is 17.0 Å². The molecule has 2 amide bonds. The minimum atomic E-state index is -0.201. The van der Waals surface area contributed by atoms with Crippen molar-refractivity contribution in [1.29, 1.82) is 0 Å². The molecule has 0 radical (unpaired) electrons. The highest BCUT2D eigenvalue weighted by molar-refractivity contribution is 7.14. The maximum absolute atomic E-state index is 12.6. The van der Waals surface area contributed by atoms with E-state index >= 15 is 0 Å². The third kappa shape index (κ3) is 4.43. The van der Waals surface area contributed by atoms with Gasteiger partial charge in [0.15, 0.2) is 11.7 Å². The lowest BCUT2D eigenvalue weighted by Crippen LogP contribution is -2.38. The zero-order valence-corrected chi connectivity index (χ0v) is 19.2. The maximum Gasteiger partial charge on any atom is 0.265 e. The minimum Gasteiger partial charge on any atom is -0.482 e. The Morgan fingerprint density at radius 3 is 2.69 bits per heavy atom. The maximum atomic E-state index is 12.6. The van der Waals surface area contributed by atoms with Gasteiger partial charge in [-0.25, -0.2) is 4.98 Å². The number of benzene rings is 2. The molecule has 32 heavy (non-hydrogen) atoms. The summed E-state index contributed by atoms with van der Waals surface area (Å²) in [6.07, 6.45) is 1.68. The highest BCUT2D eigenvalue weighted by Crippen LogP contribution is 2.36. The largest absolute Gasteiger partial charge is 0.482 e. The standard InChI is InChI=1S/C25H25N3O3S/c1-5-12-28-20-13-17(8-11-21(20)31-14-22(28)29)19-15-32-24(26-19)27-23(30)16-6-9-18(10-7-16)25(2,3)4/h5-11,13,15H,1,12,14H2,2-4H3,(H,26,27,30). The van der Waals surface area contributed by atoms with Crippen LogP contribution in [0.25, 0.3) is 11.3 Å². The molecule has 3 aromatic rings. The summed E-state index contributed by atoms with van der Waals surface area (Å²) in [6, 6.07) is 13.2. The Balaban J connectivity index is 1.52. The molecule has 7 heteroatoms. The quantitative estimate of drug-likeness (QED) is 0.541. The Bertz CT molecular complexity index is 1180. The van der Waals surface area contributed by atoms with Gasteiger partial charge in [0.25, 0.3) is 11.8 Å². The van der Waals surface area contributed by atoms with Crippen molar-refractivity contribution in [1.82, 2.24) is 4.98 Å². The van der Waals surface area contributed by atoms with Crippen LogP contribution in [0.15, 0.2) is 60.5 Å². The first kappa shape index (κ1) is 21.8. The van der Waals surface area contributed by atoms with Crippen molar-refractivity contribution in [2.24, 2.45) is 0 Å². The van der Waals surface area contributed by atoms with Gasteiger partial charge in [0.1, 0.15) is 5.75 Å². The Morgan fingerprint density at radius 1 is 1.25 bits per heavy atom. The number of aromatic nitrogens is 1. The second-order valence-corrected chi connectivity index (χ2v) is 9.44. The number of thiazole rings is 1. The Kier molecular flexibility index (Phi) is 5.84. The number of carbonyl (C=O) groups excluding carboxylic acids is 2. The average molecular weight is 448 g/mol. The molecule has 0 atom stereocenters. The molecule has 4 rings (SSSR count). The van der Waals surface area contributed by atoms with Gasteiger partial charge in [-0.15, -0.1) is 17.9 Å². The van der Waals surface area contributed by atoms with Crippen molar-refractivity contribution in [3.63, 3.8) is 0 Å². The highest BCUT2D eigenvalue weighted by atomic mass is 32.1. The molecule has 1 N–H and O–H groups in total. The zero-order valence-electron chi connectivity index (χ0n) is 18.3. The lowest BCUT2D eigenvalue weighted by Gasteiger charge is -2.28. The van der Waals surface area contributed by atoms with Gasteiger partial charge in [-0.05, 0) is 41.3 Å². The van der Waals surface area contributed by atoms with Crippen molar-refractivity contribution < 1.29 is 14.3 Å². The molecule has 0 spiro atoms.